The van der Waals surface area contributed by atoms with Crippen molar-refractivity contribution < 1.29 is 14.3 Å². The number of amides is 1. The lowest BCUT2D eigenvalue weighted by atomic mass is 10.1. The predicted octanol–water partition coefficient (Wildman–Crippen LogP) is 0.394. The van der Waals surface area contributed by atoms with Gasteiger partial charge in [0.25, 0.3) is 0 Å². The molecule has 0 N–H and O–H groups in total. The molecule has 1 aromatic heterocycles. The van der Waals surface area contributed by atoms with Gasteiger partial charge in [0.05, 0.1) is 0 Å². The summed E-state index contributed by atoms with van der Waals surface area (Å²) < 4.78 is 12.8. The number of fused-ring (bicyclic) bond motifs is 1. The van der Waals surface area contributed by atoms with Crippen molar-refractivity contribution in [3.8, 4) is 11.5 Å². The summed E-state index contributed by atoms with van der Waals surface area (Å²) >= 11 is 0. The molecular weight excluding hydrogens is 322 g/mol. The quantitative estimate of drug-likeness (QED) is 0.800. The fraction of sp³-hybridized carbons (Fsp3) is 0.471. The fourth-order valence-electron chi connectivity index (χ4n) is 3.15. The third-order valence-electron chi connectivity index (χ3n) is 4.50. The zero-order valence-electron chi connectivity index (χ0n) is 14.0. The van der Waals surface area contributed by atoms with Gasteiger partial charge in [-0.25, -0.2) is 9.67 Å². The minimum atomic E-state index is 0.0875. The van der Waals surface area contributed by atoms with Gasteiger partial charge in [-0.15, -0.1) is 0 Å². The van der Waals surface area contributed by atoms with Crippen molar-refractivity contribution in [2.24, 2.45) is 0 Å². The van der Waals surface area contributed by atoms with Crippen LogP contribution in [0.15, 0.2) is 30.9 Å². The molecule has 4 rings (SSSR count). The molecule has 1 fully saturated rings. The molecule has 3 heterocycles. The minimum absolute atomic E-state index is 0.0875. The van der Waals surface area contributed by atoms with E-state index in [9.17, 15) is 4.79 Å². The largest absolute Gasteiger partial charge is 0.486 e. The van der Waals surface area contributed by atoms with Crippen molar-refractivity contribution >= 4 is 5.91 Å². The van der Waals surface area contributed by atoms with E-state index in [4.69, 9.17) is 9.47 Å². The lowest BCUT2D eigenvalue weighted by Gasteiger charge is -2.34. The Morgan fingerprint density at radius 1 is 1.08 bits per heavy atom. The van der Waals surface area contributed by atoms with E-state index in [2.05, 4.69) is 27.1 Å². The van der Waals surface area contributed by atoms with Crippen LogP contribution in [-0.2, 0) is 17.9 Å². The molecule has 25 heavy (non-hydrogen) atoms. The third kappa shape index (κ3) is 3.74. The standard InChI is InChI=1S/C17H21N5O3/c23-17(11-22-13-18-12-19-22)21-5-3-20(4-6-21)10-14-1-2-15-16(9-14)25-8-7-24-15/h1-2,9,12-13H,3-8,10-11H2. The van der Waals surface area contributed by atoms with Crippen molar-refractivity contribution in [1.82, 2.24) is 24.6 Å². The molecule has 0 saturated carbocycles. The molecule has 0 bridgehead atoms. The van der Waals surface area contributed by atoms with Gasteiger partial charge in [-0.1, -0.05) is 6.07 Å². The molecule has 0 aliphatic carbocycles. The molecule has 0 unspecified atom stereocenters. The van der Waals surface area contributed by atoms with Gasteiger partial charge in [0, 0.05) is 32.7 Å². The van der Waals surface area contributed by atoms with E-state index in [0.717, 1.165) is 44.2 Å². The van der Waals surface area contributed by atoms with Crippen LogP contribution in [0.3, 0.4) is 0 Å². The van der Waals surface area contributed by atoms with Gasteiger partial charge in [0.2, 0.25) is 5.91 Å². The Balaban J connectivity index is 1.29. The topological polar surface area (TPSA) is 72.7 Å². The normalized spacial score (nSPS) is 17.5. The zero-order chi connectivity index (χ0) is 17.1. The highest BCUT2D eigenvalue weighted by atomic mass is 16.6. The van der Waals surface area contributed by atoms with E-state index in [1.54, 1.807) is 11.0 Å². The van der Waals surface area contributed by atoms with Gasteiger partial charge in [-0.2, -0.15) is 5.10 Å². The molecule has 2 aliphatic rings. The highest BCUT2D eigenvalue weighted by Gasteiger charge is 2.22. The van der Waals surface area contributed by atoms with Crippen LogP contribution >= 0.6 is 0 Å². The number of rotatable bonds is 4. The van der Waals surface area contributed by atoms with E-state index < -0.39 is 0 Å². The van der Waals surface area contributed by atoms with Gasteiger partial charge in [0.15, 0.2) is 11.5 Å². The van der Waals surface area contributed by atoms with Crippen LogP contribution in [0.1, 0.15) is 5.56 Å². The van der Waals surface area contributed by atoms with Gasteiger partial charge >= 0.3 is 0 Å². The van der Waals surface area contributed by atoms with Crippen molar-refractivity contribution in [2.45, 2.75) is 13.1 Å². The fourth-order valence-corrected chi connectivity index (χ4v) is 3.15. The van der Waals surface area contributed by atoms with Crippen molar-refractivity contribution in [3.63, 3.8) is 0 Å². The molecule has 2 aliphatic heterocycles. The lowest BCUT2D eigenvalue weighted by molar-refractivity contribution is -0.133. The maximum atomic E-state index is 12.3. The highest BCUT2D eigenvalue weighted by molar-refractivity contribution is 5.76. The van der Waals surface area contributed by atoms with Gasteiger partial charge in [-0.3, -0.25) is 9.69 Å². The molecule has 1 saturated heterocycles. The highest BCUT2D eigenvalue weighted by Crippen LogP contribution is 2.31. The predicted molar refractivity (Wildman–Crippen MR) is 89.3 cm³/mol. The van der Waals surface area contributed by atoms with E-state index >= 15 is 0 Å². The number of hydrogen-bond acceptors (Lipinski definition) is 6. The molecule has 1 amide bonds. The Hall–Kier alpha value is -2.61. The number of nitrogens with zero attached hydrogens (tertiary/aromatic N) is 5. The first-order chi connectivity index (χ1) is 12.3. The molecule has 0 radical (unpaired) electrons. The van der Waals surface area contributed by atoms with Crippen molar-refractivity contribution in [2.75, 3.05) is 39.4 Å². The Morgan fingerprint density at radius 2 is 1.88 bits per heavy atom. The average molecular weight is 343 g/mol. The number of aromatic nitrogens is 3. The first kappa shape index (κ1) is 15.9. The Kier molecular flexibility index (Phi) is 4.51. The van der Waals surface area contributed by atoms with E-state index in [-0.39, 0.29) is 12.5 Å². The van der Waals surface area contributed by atoms with E-state index in [0.29, 0.717) is 13.2 Å². The molecule has 1 aromatic carbocycles. The number of benzene rings is 1. The molecule has 8 heteroatoms. The zero-order valence-corrected chi connectivity index (χ0v) is 14.0. The molecule has 2 aromatic rings. The van der Waals surface area contributed by atoms with Gasteiger partial charge < -0.3 is 14.4 Å². The summed E-state index contributed by atoms with van der Waals surface area (Å²) in [6.45, 7) is 5.50. The Labute approximate surface area is 145 Å². The maximum Gasteiger partial charge on any atom is 0.244 e. The number of piperazine rings is 1. The van der Waals surface area contributed by atoms with Crippen LogP contribution < -0.4 is 9.47 Å². The summed E-state index contributed by atoms with van der Waals surface area (Å²) in [5.41, 5.74) is 1.20. The molecule has 8 nitrogen and oxygen atoms in total. The number of carbonyl (C=O) groups excluding carboxylic acids is 1. The summed E-state index contributed by atoms with van der Waals surface area (Å²) in [6, 6.07) is 6.11. The maximum absolute atomic E-state index is 12.3. The average Bonchev–Trinajstić information content (AvgIpc) is 3.15. The smallest absolute Gasteiger partial charge is 0.244 e. The van der Waals surface area contributed by atoms with Crippen LogP contribution in [0.2, 0.25) is 0 Å². The van der Waals surface area contributed by atoms with Gasteiger partial charge in [0.1, 0.15) is 32.4 Å². The van der Waals surface area contributed by atoms with Gasteiger partial charge in [-0.05, 0) is 17.7 Å². The second-order valence-electron chi connectivity index (χ2n) is 6.23. The summed E-state index contributed by atoms with van der Waals surface area (Å²) in [5, 5.41) is 3.98. The molecule has 132 valence electrons. The first-order valence-electron chi connectivity index (χ1n) is 8.49. The van der Waals surface area contributed by atoms with E-state index in [1.807, 2.05) is 11.0 Å². The first-order valence-corrected chi connectivity index (χ1v) is 8.49. The Bertz CT molecular complexity index is 726. The summed E-state index contributed by atoms with van der Waals surface area (Å²) in [7, 11) is 0. The Morgan fingerprint density at radius 3 is 2.64 bits per heavy atom. The lowest BCUT2D eigenvalue weighted by Crippen LogP contribution is -2.49. The summed E-state index contributed by atoms with van der Waals surface area (Å²) in [6.07, 6.45) is 3.01. The van der Waals surface area contributed by atoms with E-state index in [1.165, 1.54) is 11.9 Å². The molecule has 0 spiro atoms. The second-order valence-corrected chi connectivity index (χ2v) is 6.23. The number of ether oxygens (including phenoxy) is 2. The number of carbonyl (C=O) groups is 1. The molecular formula is C17H21N5O3. The van der Waals surface area contributed by atoms with Crippen LogP contribution in [0.4, 0.5) is 0 Å². The van der Waals surface area contributed by atoms with Crippen LogP contribution in [-0.4, -0.2) is 69.9 Å². The minimum Gasteiger partial charge on any atom is -0.486 e. The third-order valence-corrected chi connectivity index (χ3v) is 4.50. The summed E-state index contributed by atoms with van der Waals surface area (Å²) in [5.74, 6) is 1.73. The SMILES string of the molecule is O=C(Cn1cncn1)N1CCN(Cc2ccc3c(c2)OCCO3)CC1. The van der Waals surface area contributed by atoms with Crippen LogP contribution in [0.5, 0.6) is 11.5 Å². The van der Waals surface area contributed by atoms with Crippen molar-refractivity contribution in [3.05, 3.63) is 36.4 Å². The van der Waals surface area contributed by atoms with Crippen molar-refractivity contribution in [1.29, 1.82) is 0 Å². The summed E-state index contributed by atoms with van der Waals surface area (Å²) in [4.78, 5) is 20.4. The van der Waals surface area contributed by atoms with Crippen LogP contribution in [0.25, 0.3) is 0 Å². The number of hydrogen-bond donors (Lipinski definition) is 0. The monoisotopic (exact) mass is 343 g/mol. The van der Waals surface area contributed by atoms with Crippen LogP contribution in [0, 0.1) is 0 Å². The second kappa shape index (κ2) is 7.10. The molecule has 0 atom stereocenters.